The quantitative estimate of drug-likeness (QED) is 0.337. The molecule has 27 heavy (non-hydrogen) atoms. The Morgan fingerprint density at radius 1 is 1.11 bits per heavy atom. The third-order valence-corrected chi connectivity index (χ3v) is 5.76. The largest absolute Gasteiger partial charge is 0.435 e. The van der Waals surface area contributed by atoms with Crippen LogP contribution in [0.15, 0.2) is 52.9 Å². The van der Waals surface area contributed by atoms with Crippen LogP contribution in [-0.2, 0) is 0 Å². The van der Waals surface area contributed by atoms with E-state index in [1.54, 1.807) is 0 Å². The number of nitrogens with one attached hydrogen (secondary N) is 2. The van der Waals surface area contributed by atoms with Crippen molar-refractivity contribution in [2.75, 3.05) is 11.4 Å². The minimum atomic E-state index is -0.698. The summed E-state index contributed by atoms with van der Waals surface area (Å²) in [5.74, 6) is 3.49. The summed E-state index contributed by atoms with van der Waals surface area (Å²) in [6.45, 7) is 2.83. The fourth-order valence-electron chi connectivity index (χ4n) is 2.53. The van der Waals surface area contributed by atoms with Crippen LogP contribution in [0.1, 0.15) is 13.3 Å². The Hall–Kier alpha value is 0.450. The van der Waals surface area contributed by atoms with Crippen molar-refractivity contribution >= 4 is 107 Å². The second kappa shape index (κ2) is 8.67. The number of allylic oxidation sites excluding steroid dienone is 1. The number of para-hydroxylation sites is 2. The van der Waals surface area contributed by atoms with Crippen molar-refractivity contribution in [1.82, 2.24) is 10.6 Å². The summed E-state index contributed by atoms with van der Waals surface area (Å²) in [7, 11) is 0. The summed E-state index contributed by atoms with van der Waals surface area (Å²) < 4.78 is 5.03. The van der Waals surface area contributed by atoms with E-state index in [2.05, 4.69) is 118 Å². The Labute approximate surface area is 208 Å². The fraction of sp³-hybridized carbons (Fsp3) is 0.312. The highest BCUT2D eigenvalue weighted by Gasteiger charge is 2.34. The van der Waals surface area contributed by atoms with Crippen LogP contribution in [0.3, 0.4) is 0 Å². The van der Waals surface area contributed by atoms with Gasteiger partial charge >= 0.3 is 0 Å². The molecule has 1 aromatic carbocycles. The zero-order chi connectivity index (χ0) is 19.8. The lowest BCUT2D eigenvalue weighted by molar-refractivity contribution is 0.425. The molecule has 2 heterocycles. The Bertz CT molecular complexity index is 825. The summed E-state index contributed by atoms with van der Waals surface area (Å²) in [6, 6.07) is 7.94. The highest BCUT2D eigenvalue weighted by atomic mass is 80.0. The summed E-state index contributed by atoms with van der Waals surface area (Å²) in [6.07, 6.45) is 2.67. The minimum Gasteiger partial charge on any atom is -0.435 e. The fourth-order valence-corrected chi connectivity index (χ4v) is 3.58. The van der Waals surface area contributed by atoms with Crippen LogP contribution < -0.4 is 20.3 Å². The van der Waals surface area contributed by atoms with Crippen molar-refractivity contribution in [3.8, 4) is 5.75 Å². The van der Waals surface area contributed by atoms with E-state index >= 15 is 0 Å². The number of amidine groups is 1. The molecule has 0 bridgehead atoms. The average molecular weight is 758 g/mol. The van der Waals surface area contributed by atoms with Gasteiger partial charge in [0.1, 0.15) is 13.8 Å². The van der Waals surface area contributed by atoms with E-state index in [0.717, 1.165) is 23.8 Å². The molecule has 146 valence electrons. The number of hydrogen-bond donors (Lipinski definition) is 2. The van der Waals surface area contributed by atoms with E-state index in [4.69, 9.17) is 9.73 Å². The van der Waals surface area contributed by atoms with Gasteiger partial charge in [0.25, 0.3) is 0 Å². The minimum absolute atomic E-state index is 0.380. The van der Waals surface area contributed by atoms with Gasteiger partial charge in [-0.3, -0.25) is 0 Å². The molecule has 0 fully saturated rings. The van der Waals surface area contributed by atoms with Gasteiger partial charge in [-0.2, -0.15) is 0 Å². The first-order valence-corrected chi connectivity index (χ1v) is 12.6. The molecular weight excluding hydrogens is 744 g/mol. The van der Waals surface area contributed by atoms with Gasteiger partial charge in [0, 0.05) is 13.0 Å². The van der Waals surface area contributed by atoms with Crippen molar-refractivity contribution in [2.24, 2.45) is 4.99 Å². The first kappa shape index (κ1) is 22.1. The number of nitrogens with zero attached hydrogens (tertiary/aromatic N) is 2. The number of anilines is 1. The first-order valence-electron chi connectivity index (χ1n) is 7.84. The monoisotopic (exact) mass is 752 g/mol. The van der Waals surface area contributed by atoms with Crippen molar-refractivity contribution in [3.05, 3.63) is 47.9 Å². The third-order valence-electron chi connectivity index (χ3n) is 3.66. The smallest absolute Gasteiger partial charge is 0.244 e. The molecule has 2 aliphatic rings. The summed E-state index contributed by atoms with van der Waals surface area (Å²) in [4.78, 5) is 6.79. The van der Waals surface area contributed by atoms with Gasteiger partial charge in [-0.25, -0.2) is 4.99 Å². The Kier molecular flexibility index (Phi) is 7.11. The molecule has 2 aliphatic heterocycles. The molecule has 3 rings (SSSR count). The highest BCUT2D eigenvalue weighted by molar-refractivity contribution is 9.40. The standard InChI is InChI=1S/C16H14Br6N4O/c1-2-26-9-5-3-4-6-10(9)27-13(26)12-23-11(7-8-15(17,18)19)24-14(25-12)16(20,21)22/h3-7,23H,2,8H2,1H3,(H,24,25). The normalized spacial score (nSPS) is 21.4. The second-order valence-corrected chi connectivity index (χ2v) is 19.6. The Morgan fingerprint density at radius 3 is 2.44 bits per heavy atom. The maximum absolute atomic E-state index is 6.11. The molecule has 0 aliphatic carbocycles. The lowest BCUT2D eigenvalue weighted by atomic mass is 10.3. The molecule has 0 saturated carbocycles. The van der Waals surface area contributed by atoms with E-state index in [1.807, 2.05) is 30.3 Å². The molecule has 2 N–H and O–H groups in total. The first-order chi connectivity index (χ1) is 12.6. The average Bonchev–Trinajstić information content (AvgIpc) is 2.97. The van der Waals surface area contributed by atoms with Crippen molar-refractivity contribution in [2.45, 2.75) is 17.6 Å². The number of benzene rings is 1. The molecule has 5 nitrogen and oxygen atoms in total. The van der Waals surface area contributed by atoms with E-state index in [9.17, 15) is 0 Å². The molecule has 0 unspecified atom stereocenters. The van der Waals surface area contributed by atoms with Gasteiger partial charge < -0.3 is 20.3 Å². The maximum atomic E-state index is 6.11. The van der Waals surface area contributed by atoms with Gasteiger partial charge in [-0.15, -0.1) is 0 Å². The molecule has 1 aromatic rings. The van der Waals surface area contributed by atoms with Crippen LogP contribution in [0.4, 0.5) is 5.69 Å². The van der Waals surface area contributed by atoms with Crippen molar-refractivity contribution in [1.29, 1.82) is 0 Å². The number of fused-ring (bicyclic) bond motifs is 1. The zero-order valence-electron chi connectivity index (χ0n) is 13.9. The Balaban J connectivity index is 2.03. The molecule has 0 amide bonds. The summed E-state index contributed by atoms with van der Waals surface area (Å²) in [5.41, 5.74) is 1.02. The van der Waals surface area contributed by atoms with E-state index < -0.39 is 2.14 Å². The molecule has 0 saturated heterocycles. The van der Waals surface area contributed by atoms with Gasteiger partial charge in [0.05, 0.1) is 5.69 Å². The van der Waals surface area contributed by atoms with Crippen LogP contribution in [0.25, 0.3) is 0 Å². The summed E-state index contributed by atoms with van der Waals surface area (Å²) in [5, 5.41) is 6.58. The van der Waals surface area contributed by atoms with E-state index in [-0.39, 0.29) is 2.14 Å². The number of alkyl halides is 6. The summed E-state index contributed by atoms with van der Waals surface area (Å²) >= 11 is 21.1. The molecular formula is C16H14Br6N4O. The van der Waals surface area contributed by atoms with Crippen LogP contribution in [0.5, 0.6) is 5.75 Å². The molecule has 0 aromatic heterocycles. The number of hydrogen-bond acceptors (Lipinski definition) is 5. The van der Waals surface area contributed by atoms with Crippen LogP contribution in [-0.4, -0.2) is 16.7 Å². The molecule has 0 radical (unpaired) electrons. The zero-order valence-corrected chi connectivity index (χ0v) is 23.4. The van der Waals surface area contributed by atoms with E-state index in [0.29, 0.717) is 24.0 Å². The topological polar surface area (TPSA) is 48.9 Å². The van der Waals surface area contributed by atoms with Crippen molar-refractivity contribution in [3.63, 3.8) is 0 Å². The van der Waals surface area contributed by atoms with E-state index in [1.165, 1.54) is 0 Å². The number of rotatable bonds is 2. The van der Waals surface area contributed by atoms with Crippen LogP contribution in [0, 0.1) is 0 Å². The molecule has 11 heteroatoms. The van der Waals surface area contributed by atoms with Gasteiger partial charge in [0.2, 0.25) is 5.88 Å². The molecule has 0 spiro atoms. The lowest BCUT2D eigenvalue weighted by Gasteiger charge is -2.28. The third kappa shape index (κ3) is 5.53. The van der Waals surface area contributed by atoms with Gasteiger partial charge in [-0.1, -0.05) is 108 Å². The number of halogens is 6. The SMILES string of the molecule is CCN1C(=C2N=C(C(Br)(Br)Br)NC(=CCC(Br)(Br)Br)N2)Oc2ccccc21. The van der Waals surface area contributed by atoms with Crippen molar-refractivity contribution < 1.29 is 4.74 Å². The highest BCUT2D eigenvalue weighted by Crippen LogP contribution is 2.41. The maximum Gasteiger partial charge on any atom is 0.244 e. The Morgan fingerprint density at radius 2 is 1.81 bits per heavy atom. The second-order valence-electron chi connectivity index (χ2n) is 5.61. The molecule has 0 atom stereocenters. The van der Waals surface area contributed by atoms with Gasteiger partial charge in [-0.05, 0) is 25.1 Å². The number of aliphatic imine (C=N–C) groups is 1. The van der Waals surface area contributed by atoms with Crippen LogP contribution in [0.2, 0.25) is 0 Å². The predicted molar refractivity (Wildman–Crippen MR) is 133 cm³/mol. The lowest BCUT2D eigenvalue weighted by Crippen LogP contribution is -2.43. The predicted octanol–water partition coefficient (Wildman–Crippen LogP) is 6.53. The van der Waals surface area contributed by atoms with Crippen LogP contribution >= 0.6 is 95.6 Å². The number of ether oxygens (including phenoxy) is 1. The van der Waals surface area contributed by atoms with Gasteiger partial charge in [0.15, 0.2) is 13.7 Å².